The smallest absolute Gasteiger partial charge is 0.150 e. The molecule has 12 heavy (non-hydrogen) atoms. The Bertz CT molecular complexity index is 256. The van der Waals surface area contributed by atoms with Crippen LogP contribution in [0, 0.1) is 0 Å². The molecule has 0 radical (unpaired) electrons. The number of aliphatic hydroxyl groups is 1. The van der Waals surface area contributed by atoms with Crippen LogP contribution in [0.15, 0.2) is 24.3 Å². The molecular weight excluding hydrogens is 152 g/mol. The first-order valence-electron chi connectivity index (χ1n) is 4.02. The van der Waals surface area contributed by atoms with Crippen LogP contribution in [-0.4, -0.2) is 18.0 Å². The van der Waals surface area contributed by atoms with Gasteiger partial charge in [-0.05, 0) is 18.4 Å². The van der Waals surface area contributed by atoms with Crippen molar-refractivity contribution in [2.45, 2.75) is 12.8 Å². The van der Waals surface area contributed by atoms with Crippen molar-refractivity contribution in [3.63, 3.8) is 0 Å². The van der Waals surface area contributed by atoms with E-state index in [2.05, 4.69) is 0 Å². The standard InChI is InChI=1S/C10H12O2/c11-7-3-6-9-4-1-2-5-10(9)8-12/h1-2,4-5,8,11H,3,6-7H2. The second-order valence-corrected chi connectivity index (χ2v) is 2.64. The van der Waals surface area contributed by atoms with E-state index in [0.29, 0.717) is 6.42 Å². The van der Waals surface area contributed by atoms with Gasteiger partial charge in [-0.2, -0.15) is 0 Å². The van der Waals surface area contributed by atoms with E-state index in [1.807, 2.05) is 18.2 Å². The highest BCUT2D eigenvalue weighted by Crippen LogP contribution is 2.08. The summed E-state index contributed by atoms with van der Waals surface area (Å²) in [5, 5.41) is 8.60. The lowest BCUT2D eigenvalue weighted by atomic mass is 10.0. The van der Waals surface area contributed by atoms with Crippen LogP contribution in [0.2, 0.25) is 0 Å². The van der Waals surface area contributed by atoms with E-state index in [4.69, 9.17) is 5.11 Å². The number of hydrogen-bond acceptors (Lipinski definition) is 2. The van der Waals surface area contributed by atoms with Gasteiger partial charge in [-0.25, -0.2) is 0 Å². The van der Waals surface area contributed by atoms with Gasteiger partial charge in [-0.1, -0.05) is 24.3 Å². The van der Waals surface area contributed by atoms with E-state index in [0.717, 1.165) is 23.8 Å². The molecule has 0 bridgehead atoms. The highest BCUT2D eigenvalue weighted by Gasteiger charge is 1.98. The van der Waals surface area contributed by atoms with Gasteiger partial charge in [0, 0.05) is 12.2 Å². The zero-order valence-electron chi connectivity index (χ0n) is 6.86. The number of carbonyl (C=O) groups excluding carboxylic acids is 1. The summed E-state index contributed by atoms with van der Waals surface area (Å²) in [7, 11) is 0. The molecule has 2 nitrogen and oxygen atoms in total. The van der Waals surface area contributed by atoms with E-state index in [9.17, 15) is 4.79 Å². The normalized spacial score (nSPS) is 9.75. The van der Waals surface area contributed by atoms with Gasteiger partial charge in [0.15, 0.2) is 0 Å². The lowest BCUT2D eigenvalue weighted by molar-refractivity contribution is 0.112. The predicted molar refractivity (Wildman–Crippen MR) is 47.2 cm³/mol. The van der Waals surface area contributed by atoms with Crippen LogP contribution in [0.25, 0.3) is 0 Å². The Labute approximate surface area is 71.8 Å². The molecule has 0 aliphatic carbocycles. The summed E-state index contributed by atoms with van der Waals surface area (Å²) in [6.45, 7) is 0.174. The zero-order chi connectivity index (χ0) is 8.81. The third kappa shape index (κ3) is 2.17. The molecule has 0 aliphatic rings. The van der Waals surface area contributed by atoms with Crippen molar-refractivity contribution >= 4 is 6.29 Å². The van der Waals surface area contributed by atoms with Gasteiger partial charge in [-0.3, -0.25) is 4.79 Å². The molecule has 1 aromatic rings. The third-order valence-corrected chi connectivity index (χ3v) is 1.79. The minimum Gasteiger partial charge on any atom is -0.396 e. The Morgan fingerprint density at radius 2 is 2.08 bits per heavy atom. The molecule has 0 heterocycles. The summed E-state index contributed by atoms with van der Waals surface area (Å²) in [6.07, 6.45) is 2.34. The van der Waals surface area contributed by atoms with Gasteiger partial charge >= 0.3 is 0 Å². The number of carbonyl (C=O) groups is 1. The molecule has 1 N–H and O–H groups in total. The van der Waals surface area contributed by atoms with Gasteiger partial charge < -0.3 is 5.11 Å². The van der Waals surface area contributed by atoms with Gasteiger partial charge in [0.05, 0.1) is 0 Å². The first kappa shape index (κ1) is 8.94. The van der Waals surface area contributed by atoms with Crippen molar-refractivity contribution in [1.82, 2.24) is 0 Å². The highest BCUT2D eigenvalue weighted by molar-refractivity contribution is 5.77. The minimum atomic E-state index is 0.174. The molecule has 0 saturated heterocycles. The maximum absolute atomic E-state index is 10.5. The van der Waals surface area contributed by atoms with E-state index < -0.39 is 0 Å². The van der Waals surface area contributed by atoms with Crippen LogP contribution in [0.5, 0.6) is 0 Å². The molecule has 0 atom stereocenters. The molecule has 2 heteroatoms. The number of rotatable bonds is 4. The molecule has 0 fully saturated rings. The molecule has 0 spiro atoms. The SMILES string of the molecule is O=Cc1ccccc1CCCO. The Hall–Kier alpha value is -1.15. The van der Waals surface area contributed by atoms with Crippen LogP contribution >= 0.6 is 0 Å². The average molecular weight is 164 g/mol. The number of aliphatic hydroxyl groups excluding tert-OH is 1. The number of benzene rings is 1. The molecule has 0 aliphatic heterocycles. The first-order valence-corrected chi connectivity index (χ1v) is 4.02. The van der Waals surface area contributed by atoms with Crippen LogP contribution in [-0.2, 0) is 6.42 Å². The lowest BCUT2D eigenvalue weighted by Gasteiger charge is -2.01. The van der Waals surface area contributed by atoms with Crippen LogP contribution in [0.1, 0.15) is 22.3 Å². The Balaban J connectivity index is 2.75. The summed E-state index contributed by atoms with van der Waals surface area (Å²) in [4.78, 5) is 10.5. The van der Waals surface area contributed by atoms with Crippen molar-refractivity contribution in [3.05, 3.63) is 35.4 Å². The summed E-state index contributed by atoms with van der Waals surface area (Å²) in [5.41, 5.74) is 1.74. The van der Waals surface area contributed by atoms with Crippen molar-refractivity contribution in [3.8, 4) is 0 Å². The quantitative estimate of drug-likeness (QED) is 0.683. The second-order valence-electron chi connectivity index (χ2n) is 2.64. The Morgan fingerprint density at radius 3 is 2.75 bits per heavy atom. The predicted octanol–water partition coefficient (Wildman–Crippen LogP) is 1.42. The molecule has 1 aromatic carbocycles. The fourth-order valence-electron chi connectivity index (χ4n) is 1.15. The van der Waals surface area contributed by atoms with Crippen LogP contribution < -0.4 is 0 Å². The third-order valence-electron chi connectivity index (χ3n) is 1.79. The fraction of sp³-hybridized carbons (Fsp3) is 0.300. The maximum atomic E-state index is 10.5. The molecule has 64 valence electrons. The molecule has 0 unspecified atom stereocenters. The Kier molecular flexibility index (Phi) is 3.48. The number of hydrogen-bond donors (Lipinski definition) is 1. The average Bonchev–Trinajstić information content (AvgIpc) is 2.15. The second kappa shape index (κ2) is 4.67. The van der Waals surface area contributed by atoms with Crippen LogP contribution in [0.3, 0.4) is 0 Å². The highest BCUT2D eigenvalue weighted by atomic mass is 16.2. The maximum Gasteiger partial charge on any atom is 0.150 e. The monoisotopic (exact) mass is 164 g/mol. The van der Waals surface area contributed by atoms with E-state index in [1.165, 1.54) is 0 Å². The van der Waals surface area contributed by atoms with E-state index >= 15 is 0 Å². The summed E-state index contributed by atoms with van der Waals surface area (Å²) >= 11 is 0. The van der Waals surface area contributed by atoms with Crippen LogP contribution in [0.4, 0.5) is 0 Å². The van der Waals surface area contributed by atoms with Crippen molar-refractivity contribution in [2.75, 3.05) is 6.61 Å². The minimum absolute atomic E-state index is 0.174. The largest absolute Gasteiger partial charge is 0.396 e. The number of aryl methyl sites for hydroxylation is 1. The fourth-order valence-corrected chi connectivity index (χ4v) is 1.15. The summed E-state index contributed by atoms with van der Waals surface area (Å²) < 4.78 is 0. The van der Waals surface area contributed by atoms with Crippen molar-refractivity contribution in [2.24, 2.45) is 0 Å². The molecular formula is C10H12O2. The molecule has 0 amide bonds. The lowest BCUT2D eigenvalue weighted by Crippen LogP contribution is -1.94. The van der Waals surface area contributed by atoms with Crippen molar-refractivity contribution < 1.29 is 9.90 Å². The van der Waals surface area contributed by atoms with E-state index in [-0.39, 0.29) is 6.61 Å². The van der Waals surface area contributed by atoms with Gasteiger partial charge in [0.2, 0.25) is 0 Å². The molecule has 1 rings (SSSR count). The topological polar surface area (TPSA) is 37.3 Å². The van der Waals surface area contributed by atoms with Gasteiger partial charge in [-0.15, -0.1) is 0 Å². The first-order chi connectivity index (χ1) is 5.88. The van der Waals surface area contributed by atoms with E-state index in [1.54, 1.807) is 6.07 Å². The number of aldehydes is 1. The summed E-state index contributed by atoms with van der Waals surface area (Å²) in [5.74, 6) is 0. The van der Waals surface area contributed by atoms with Gasteiger partial charge in [0.1, 0.15) is 6.29 Å². The molecule has 0 aromatic heterocycles. The Morgan fingerprint density at radius 1 is 1.33 bits per heavy atom. The zero-order valence-corrected chi connectivity index (χ0v) is 6.86. The van der Waals surface area contributed by atoms with Crippen molar-refractivity contribution in [1.29, 1.82) is 0 Å². The molecule has 0 saturated carbocycles. The summed E-state index contributed by atoms with van der Waals surface area (Å²) in [6, 6.07) is 7.45. The van der Waals surface area contributed by atoms with Gasteiger partial charge in [0.25, 0.3) is 0 Å².